The van der Waals surface area contributed by atoms with Crippen molar-refractivity contribution in [1.29, 1.82) is 0 Å². The van der Waals surface area contributed by atoms with Crippen LogP contribution in [0.4, 0.5) is 0 Å². The van der Waals surface area contributed by atoms with Gasteiger partial charge in [-0.05, 0) is 149 Å². The zero-order valence-corrected chi connectivity index (χ0v) is 37.8. The first-order valence-corrected chi connectivity index (χ1v) is 22.5. The molecule has 0 saturated heterocycles. The molecule has 57 heavy (non-hydrogen) atoms. The molecule has 9 heteroatoms. The molecule has 6 rings (SSSR count). The van der Waals surface area contributed by atoms with E-state index in [0.29, 0.717) is 30.7 Å². The first-order chi connectivity index (χ1) is 26.4. The van der Waals surface area contributed by atoms with Gasteiger partial charge in [-0.1, -0.05) is 77.8 Å². The number of benzene rings is 1. The Labute approximate surface area is 349 Å². The summed E-state index contributed by atoms with van der Waals surface area (Å²) in [4.78, 5) is 29.6. The number of carbonyl (C=O) groups excluding carboxylic acids is 1. The van der Waals surface area contributed by atoms with Gasteiger partial charge in [-0.2, -0.15) is 0 Å². The molecule has 0 radical (unpaired) electrons. The molecule has 8 nitrogen and oxygen atoms in total. The number of ether oxygens (including phenoxy) is 1. The van der Waals surface area contributed by atoms with E-state index in [1.165, 1.54) is 16.7 Å². The van der Waals surface area contributed by atoms with Crippen molar-refractivity contribution in [2.75, 3.05) is 33.7 Å². The molecule has 0 aromatic heterocycles. The Balaban J connectivity index is 1.28. The van der Waals surface area contributed by atoms with E-state index < -0.39 is 35.0 Å². The molecule has 3 N–H and O–H groups in total. The van der Waals surface area contributed by atoms with Crippen LogP contribution in [-0.4, -0.2) is 89.1 Å². The molecule has 0 heterocycles. The normalized spacial score (nSPS) is 36.8. The van der Waals surface area contributed by atoms with Crippen molar-refractivity contribution in [3.05, 3.63) is 46.0 Å². The van der Waals surface area contributed by atoms with Crippen molar-refractivity contribution in [2.24, 2.45) is 56.2 Å². The first kappa shape index (κ1) is 44.6. The smallest absolute Gasteiger partial charge is 0.309 e. The van der Waals surface area contributed by atoms with E-state index in [9.17, 15) is 24.9 Å². The van der Waals surface area contributed by atoms with Crippen molar-refractivity contribution in [3.8, 4) is 0 Å². The number of aliphatic hydroxyl groups is 2. The van der Waals surface area contributed by atoms with Gasteiger partial charge in [-0.3, -0.25) is 14.5 Å². The lowest BCUT2D eigenvalue weighted by molar-refractivity contribution is -0.235. The summed E-state index contributed by atoms with van der Waals surface area (Å²) in [5.41, 5.74) is 2.06. The van der Waals surface area contributed by atoms with Gasteiger partial charge in [-0.25, -0.2) is 0 Å². The van der Waals surface area contributed by atoms with Crippen LogP contribution < -0.4 is 0 Å². The van der Waals surface area contributed by atoms with E-state index in [1.807, 2.05) is 12.1 Å². The number of fused-ring (bicyclic) bond motifs is 7. The maximum Gasteiger partial charge on any atom is 0.309 e. The Bertz CT molecular complexity index is 1690. The molecule has 0 bridgehead atoms. The summed E-state index contributed by atoms with van der Waals surface area (Å²) in [6, 6.07) is 8.06. The number of rotatable bonds is 13. The van der Waals surface area contributed by atoms with Gasteiger partial charge in [0.05, 0.1) is 24.0 Å². The highest BCUT2D eigenvalue weighted by molar-refractivity contribution is 6.30. The number of hydrogen-bond donors (Lipinski definition) is 3. The maximum atomic E-state index is 13.2. The lowest BCUT2D eigenvalue weighted by Crippen LogP contribution is -2.66. The van der Waals surface area contributed by atoms with Gasteiger partial charge in [-0.15, -0.1) is 0 Å². The van der Waals surface area contributed by atoms with Crippen LogP contribution in [0.25, 0.3) is 0 Å². The fourth-order valence-corrected chi connectivity index (χ4v) is 14.1. The molecule has 5 aliphatic carbocycles. The van der Waals surface area contributed by atoms with E-state index in [1.54, 1.807) is 13.8 Å². The molecule has 1 unspecified atom stereocenters. The largest absolute Gasteiger partial charge is 0.481 e. The SMILES string of the molecule is CC(C)C1=C2[C@H]3CC[C@@H]4[C@@]5(C)CC[C@H](OC(=O)CC(C)(C)C(=O)O)C(C)(C)[C@@H]5CC[C@@]4(C)[C@]3(C)CC[C@@]2([C@@H](O)CN(CCN(C)C)Cc2ccc(Cl)cc2)CC1O. The van der Waals surface area contributed by atoms with Crippen molar-refractivity contribution >= 4 is 23.5 Å². The molecular formula is C48H75ClN2O6. The number of likely N-dealkylation sites (N-methyl/N-ethyl adjacent to an activating group) is 1. The van der Waals surface area contributed by atoms with Crippen LogP contribution in [0.5, 0.6) is 0 Å². The minimum absolute atomic E-state index is 0.0104. The Hall–Kier alpha value is -1.97. The Morgan fingerprint density at radius 1 is 0.912 bits per heavy atom. The monoisotopic (exact) mass is 811 g/mol. The Morgan fingerprint density at radius 3 is 2.19 bits per heavy atom. The van der Waals surface area contributed by atoms with Crippen LogP contribution in [-0.2, 0) is 20.9 Å². The zero-order chi connectivity index (χ0) is 42.1. The topological polar surface area (TPSA) is 111 Å². The average Bonchev–Trinajstić information content (AvgIpc) is 3.42. The van der Waals surface area contributed by atoms with Gasteiger partial charge in [0.2, 0.25) is 0 Å². The van der Waals surface area contributed by atoms with Crippen LogP contribution in [0, 0.1) is 56.2 Å². The summed E-state index contributed by atoms with van der Waals surface area (Å²) in [5.74, 6) is -0.0295. The third-order valence-corrected chi connectivity index (χ3v) is 17.6. The third kappa shape index (κ3) is 7.68. The molecule has 1 aromatic rings. The van der Waals surface area contributed by atoms with Gasteiger partial charge in [0.15, 0.2) is 0 Å². The van der Waals surface area contributed by atoms with Gasteiger partial charge < -0.3 is 25.0 Å². The zero-order valence-electron chi connectivity index (χ0n) is 37.1. The molecular weight excluding hydrogens is 736 g/mol. The van der Waals surface area contributed by atoms with Crippen molar-refractivity contribution in [1.82, 2.24) is 9.80 Å². The number of carboxylic acids is 1. The lowest BCUT2D eigenvalue weighted by Gasteiger charge is -2.72. The highest BCUT2D eigenvalue weighted by Gasteiger charge is 2.70. The minimum atomic E-state index is -1.16. The predicted molar refractivity (Wildman–Crippen MR) is 228 cm³/mol. The predicted octanol–water partition coefficient (Wildman–Crippen LogP) is 9.25. The molecule has 4 fully saturated rings. The van der Waals surface area contributed by atoms with Gasteiger partial charge in [0.1, 0.15) is 6.10 Å². The fraction of sp³-hybridized carbons (Fsp3) is 0.792. The highest BCUT2D eigenvalue weighted by atomic mass is 35.5. The molecule has 5 aliphatic rings. The summed E-state index contributed by atoms with van der Waals surface area (Å²) < 4.78 is 6.20. The number of halogens is 1. The Morgan fingerprint density at radius 2 is 1.58 bits per heavy atom. The van der Waals surface area contributed by atoms with E-state index in [-0.39, 0.29) is 40.1 Å². The van der Waals surface area contributed by atoms with Crippen LogP contribution in [0.2, 0.25) is 5.02 Å². The van der Waals surface area contributed by atoms with E-state index >= 15 is 0 Å². The van der Waals surface area contributed by atoms with Gasteiger partial charge >= 0.3 is 11.9 Å². The van der Waals surface area contributed by atoms with Crippen LogP contribution in [0.15, 0.2) is 35.4 Å². The van der Waals surface area contributed by atoms with E-state index in [4.69, 9.17) is 16.3 Å². The van der Waals surface area contributed by atoms with Gasteiger partial charge in [0.25, 0.3) is 0 Å². The summed E-state index contributed by atoms with van der Waals surface area (Å²) in [5, 5.41) is 35.1. The van der Waals surface area contributed by atoms with E-state index in [2.05, 4.69) is 84.5 Å². The number of carbonyl (C=O) groups is 2. The summed E-state index contributed by atoms with van der Waals surface area (Å²) in [6.45, 7) is 22.9. The maximum absolute atomic E-state index is 13.2. The lowest BCUT2D eigenvalue weighted by atomic mass is 9.33. The summed E-state index contributed by atoms with van der Waals surface area (Å²) in [6.07, 6.45) is 7.10. The molecule has 4 saturated carbocycles. The highest BCUT2D eigenvalue weighted by Crippen LogP contribution is 2.77. The second-order valence-corrected chi connectivity index (χ2v) is 22.3. The number of aliphatic carboxylic acids is 1. The number of esters is 1. The molecule has 0 amide bonds. The van der Waals surface area contributed by atoms with Crippen molar-refractivity contribution in [3.63, 3.8) is 0 Å². The number of aliphatic hydroxyl groups excluding tert-OH is 2. The van der Waals surface area contributed by atoms with Crippen molar-refractivity contribution in [2.45, 2.75) is 151 Å². The van der Waals surface area contributed by atoms with Crippen LogP contribution >= 0.6 is 11.6 Å². The molecule has 320 valence electrons. The molecule has 0 spiro atoms. The molecule has 0 aliphatic heterocycles. The number of hydrogen-bond acceptors (Lipinski definition) is 7. The number of nitrogens with zero attached hydrogens (tertiary/aromatic N) is 2. The van der Waals surface area contributed by atoms with Gasteiger partial charge in [0, 0.05) is 42.0 Å². The average molecular weight is 812 g/mol. The summed E-state index contributed by atoms with van der Waals surface area (Å²) >= 11 is 6.25. The van der Waals surface area contributed by atoms with Crippen LogP contribution in [0.1, 0.15) is 132 Å². The summed E-state index contributed by atoms with van der Waals surface area (Å²) in [7, 11) is 4.19. The standard InChI is InChI=1S/C48H75ClN2O6/c1-30(2)40-34(52)26-48(37(53)29-51(25-24-50(10)11)28-31-12-14-32(49)15-13-31)23-22-46(8)33(41(40)48)16-17-36-45(7)20-19-38(57-39(54)27-43(3,4)42(55)56)44(5,6)35(45)18-21-47(36,46)9/h12-15,30,33-38,52-53H,16-29H2,1-11H3,(H,55,56)/t33-,34?,35+,36-,37+,38+,45+,46-,47-,48+/m1/s1. The van der Waals surface area contributed by atoms with Crippen LogP contribution in [0.3, 0.4) is 0 Å². The first-order valence-electron chi connectivity index (χ1n) is 22.1. The third-order valence-electron chi connectivity index (χ3n) is 17.3. The molecule has 10 atom stereocenters. The second kappa shape index (κ2) is 15.8. The quantitative estimate of drug-likeness (QED) is 0.134. The minimum Gasteiger partial charge on any atom is -0.481 e. The van der Waals surface area contributed by atoms with Crippen molar-refractivity contribution < 1.29 is 29.6 Å². The van der Waals surface area contributed by atoms with E-state index in [0.717, 1.165) is 76.0 Å². The number of carboxylic acid groups (broad SMARTS) is 1. The fourth-order valence-electron chi connectivity index (χ4n) is 14.0. The Kier molecular flexibility index (Phi) is 12.4. The second-order valence-electron chi connectivity index (χ2n) is 21.9. The molecule has 1 aromatic carbocycles.